The van der Waals surface area contributed by atoms with Gasteiger partial charge >= 0.3 is 0 Å². The molecule has 0 unspecified atom stereocenters. The zero-order valence-electron chi connectivity index (χ0n) is 20.7. The van der Waals surface area contributed by atoms with Gasteiger partial charge < -0.3 is 9.13 Å². The van der Waals surface area contributed by atoms with Crippen molar-refractivity contribution in [3.05, 3.63) is 119 Å². The van der Waals surface area contributed by atoms with Crippen molar-refractivity contribution in [3.8, 4) is 23.5 Å². The molecule has 0 saturated carbocycles. The van der Waals surface area contributed by atoms with E-state index in [1.54, 1.807) is 25.1 Å². The molecule has 4 nitrogen and oxygen atoms in total. The molecule has 7 rings (SSSR count). The second-order valence-corrected chi connectivity index (χ2v) is 9.60. The third-order valence-electron chi connectivity index (χ3n) is 7.40. The van der Waals surface area contributed by atoms with Crippen molar-refractivity contribution in [1.82, 2.24) is 9.13 Å². The number of halogens is 2. The summed E-state index contributed by atoms with van der Waals surface area (Å²) >= 11 is 0. The lowest BCUT2D eigenvalue weighted by Crippen LogP contribution is -2.02. The highest BCUT2D eigenvalue weighted by atomic mass is 19.1. The van der Waals surface area contributed by atoms with Crippen molar-refractivity contribution in [1.29, 1.82) is 10.5 Å². The molecule has 0 radical (unpaired) electrons. The smallest absolute Gasteiger partial charge is 0.150 e. The lowest BCUT2D eigenvalue weighted by Gasteiger charge is -2.13. The summed E-state index contributed by atoms with van der Waals surface area (Å²) in [5.41, 5.74) is 5.66. The number of para-hydroxylation sites is 2. The van der Waals surface area contributed by atoms with Gasteiger partial charge in [-0.05, 0) is 61.0 Å². The van der Waals surface area contributed by atoms with Crippen LogP contribution in [-0.4, -0.2) is 9.13 Å². The molecule has 2 aromatic heterocycles. The van der Waals surface area contributed by atoms with Crippen LogP contribution in [0.2, 0.25) is 0 Å². The van der Waals surface area contributed by atoms with E-state index in [1.165, 1.54) is 6.07 Å². The second-order valence-electron chi connectivity index (χ2n) is 9.60. The summed E-state index contributed by atoms with van der Waals surface area (Å²) in [5, 5.41) is 23.1. The van der Waals surface area contributed by atoms with Gasteiger partial charge in [-0.25, -0.2) is 8.78 Å². The number of aromatic nitrogens is 2. The van der Waals surface area contributed by atoms with Crippen LogP contribution in [-0.2, 0) is 0 Å². The highest BCUT2D eigenvalue weighted by Gasteiger charge is 2.21. The molecule has 0 N–H and O–H groups in total. The van der Waals surface area contributed by atoms with E-state index >= 15 is 4.39 Å². The Morgan fingerprint density at radius 1 is 0.615 bits per heavy atom. The van der Waals surface area contributed by atoms with Gasteiger partial charge in [0, 0.05) is 27.6 Å². The molecule has 184 valence electrons. The molecule has 5 aromatic carbocycles. The van der Waals surface area contributed by atoms with E-state index in [0.29, 0.717) is 28.1 Å². The first-order chi connectivity index (χ1) is 19.0. The van der Waals surface area contributed by atoms with Gasteiger partial charge in [-0.3, -0.25) is 0 Å². The molecule has 0 fully saturated rings. The van der Waals surface area contributed by atoms with Gasteiger partial charge in [0.1, 0.15) is 17.7 Å². The van der Waals surface area contributed by atoms with Crippen LogP contribution < -0.4 is 0 Å². The summed E-state index contributed by atoms with van der Waals surface area (Å²) in [5.74, 6) is -1.25. The standard InChI is InChI=1S/C33H18F2N4/c1-19-12-22(34)14-27(35)33(19)39-30-9-5-3-7-24(30)26-15-31-25(16-32(26)39)23-6-2-4-8-29(23)38(31)28-11-10-20(17-36)13-21(28)18-37/h2-16H,1H3. The lowest BCUT2D eigenvalue weighted by atomic mass is 10.1. The Bertz CT molecular complexity index is 2220. The maximum absolute atomic E-state index is 15.3. The monoisotopic (exact) mass is 508 g/mol. The summed E-state index contributed by atoms with van der Waals surface area (Å²) in [7, 11) is 0. The van der Waals surface area contributed by atoms with Crippen LogP contribution in [0.5, 0.6) is 0 Å². The molecular weight excluding hydrogens is 490 g/mol. The highest BCUT2D eigenvalue weighted by molar-refractivity contribution is 6.19. The zero-order chi connectivity index (χ0) is 26.8. The maximum Gasteiger partial charge on any atom is 0.150 e. The van der Waals surface area contributed by atoms with Crippen molar-refractivity contribution in [2.75, 3.05) is 0 Å². The molecule has 0 bridgehead atoms. The SMILES string of the molecule is Cc1cc(F)cc(F)c1-n1c2ccccc2c2cc3c(cc21)c1ccccc1n3-c1ccc(C#N)cc1C#N. The molecule has 0 saturated heterocycles. The van der Waals surface area contributed by atoms with Gasteiger partial charge in [0.25, 0.3) is 0 Å². The number of nitrogens with zero attached hydrogens (tertiary/aromatic N) is 4. The first-order valence-corrected chi connectivity index (χ1v) is 12.4. The minimum atomic E-state index is -0.631. The quantitative estimate of drug-likeness (QED) is 0.236. The Balaban J connectivity index is 1.68. The first kappa shape index (κ1) is 22.7. The van der Waals surface area contributed by atoms with Crippen molar-refractivity contribution in [2.24, 2.45) is 0 Å². The van der Waals surface area contributed by atoms with Crippen LogP contribution in [0.4, 0.5) is 8.78 Å². The number of fused-ring (bicyclic) bond motifs is 6. The van der Waals surface area contributed by atoms with Crippen molar-refractivity contribution in [2.45, 2.75) is 6.92 Å². The fourth-order valence-electron chi connectivity index (χ4n) is 5.80. The molecule has 0 atom stereocenters. The summed E-state index contributed by atoms with van der Waals surface area (Å²) in [6.45, 7) is 1.71. The number of hydrogen-bond donors (Lipinski definition) is 0. The molecule has 0 aliphatic rings. The van der Waals surface area contributed by atoms with Gasteiger partial charge in [-0.15, -0.1) is 0 Å². The van der Waals surface area contributed by atoms with Crippen molar-refractivity contribution in [3.63, 3.8) is 0 Å². The molecular formula is C33H18F2N4. The van der Waals surface area contributed by atoms with E-state index in [-0.39, 0.29) is 0 Å². The fraction of sp³-hybridized carbons (Fsp3) is 0.0303. The molecule has 7 aromatic rings. The highest BCUT2D eigenvalue weighted by Crippen LogP contribution is 2.40. The maximum atomic E-state index is 15.3. The molecule has 0 amide bonds. The second kappa shape index (κ2) is 8.28. The Hall–Kier alpha value is -5.46. The first-order valence-electron chi connectivity index (χ1n) is 12.4. The Labute approximate surface area is 221 Å². The number of benzene rings is 5. The topological polar surface area (TPSA) is 57.4 Å². The molecule has 0 aliphatic heterocycles. The van der Waals surface area contributed by atoms with Gasteiger partial charge in [0.05, 0.1) is 50.6 Å². The van der Waals surface area contributed by atoms with E-state index in [1.807, 2.05) is 63.7 Å². The van der Waals surface area contributed by atoms with E-state index in [9.17, 15) is 14.9 Å². The average Bonchev–Trinajstić information content (AvgIpc) is 3.43. The van der Waals surface area contributed by atoms with E-state index in [2.05, 4.69) is 18.2 Å². The van der Waals surface area contributed by atoms with Crippen LogP contribution in [0.3, 0.4) is 0 Å². The molecule has 39 heavy (non-hydrogen) atoms. The van der Waals surface area contributed by atoms with E-state index in [4.69, 9.17) is 0 Å². The predicted molar refractivity (Wildman–Crippen MR) is 149 cm³/mol. The fourth-order valence-corrected chi connectivity index (χ4v) is 5.80. The lowest BCUT2D eigenvalue weighted by molar-refractivity contribution is 0.577. The molecule has 0 spiro atoms. The third kappa shape index (κ3) is 3.19. The van der Waals surface area contributed by atoms with Gasteiger partial charge in [-0.2, -0.15) is 10.5 Å². The number of nitriles is 2. The number of aryl methyl sites for hydroxylation is 1. The van der Waals surface area contributed by atoms with Crippen molar-refractivity contribution < 1.29 is 8.78 Å². The Kier molecular flexibility index (Phi) is 4.82. The zero-order valence-corrected chi connectivity index (χ0v) is 20.7. The van der Waals surface area contributed by atoms with Crippen LogP contribution in [0.25, 0.3) is 55.0 Å². The Morgan fingerprint density at radius 3 is 1.85 bits per heavy atom. The molecule has 0 aliphatic carbocycles. The minimum absolute atomic E-state index is 0.310. The number of rotatable bonds is 2. The summed E-state index contributed by atoms with van der Waals surface area (Å²) in [4.78, 5) is 0. The van der Waals surface area contributed by atoms with Crippen LogP contribution in [0, 0.1) is 41.2 Å². The van der Waals surface area contributed by atoms with Crippen molar-refractivity contribution >= 4 is 43.6 Å². The minimum Gasteiger partial charge on any atom is -0.308 e. The normalized spacial score (nSPS) is 11.4. The average molecular weight is 509 g/mol. The van der Waals surface area contributed by atoms with Gasteiger partial charge in [0.2, 0.25) is 0 Å². The summed E-state index contributed by atoms with van der Waals surface area (Å²) in [6.07, 6.45) is 0. The third-order valence-corrected chi connectivity index (χ3v) is 7.40. The van der Waals surface area contributed by atoms with Gasteiger partial charge in [0.15, 0.2) is 0 Å². The molecule has 6 heteroatoms. The largest absolute Gasteiger partial charge is 0.308 e. The Morgan fingerprint density at radius 2 is 1.23 bits per heavy atom. The summed E-state index contributed by atoms with van der Waals surface area (Å²) in [6, 6.07) is 31.5. The van der Waals surface area contributed by atoms with E-state index < -0.39 is 11.6 Å². The summed E-state index contributed by atoms with van der Waals surface area (Å²) < 4.78 is 33.3. The van der Waals surface area contributed by atoms with Gasteiger partial charge in [-0.1, -0.05) is 36.4 Å². The van der Waals surface area contributed by atoms with Crippen LogP contribution >= 0.6 is 0 Å². The van der Waals surface area contributed by atoms with E-state index in [0.717, 1.165) is 49.7 Å². The van der Waals surface area contributed by atoms with Crippen LogP contribution in [0.1, 0.15) is 16.7 Å². The number of hydrogen-bond acceptors (Lipinski definition) is 2. The predicted octanol–water partition coefficient (Wildman–Crippen LogP) is 8.21. The molecule has 2 heterocycles. The van der Waals surface area contributed by atoms with Crippen LogP contribution in [0.15, 0.2) is 91.0 Å².